The Labute approximate surface area is 133 Å². The first-order valence-electron chi connectivity index (χ1n) is 6.71. The van der Waals surface area contributed by atoms with Gasteiger partial charge in [0.15, 0.2) is 0 Å². The van der Waals surface area contributed by atoms with Crippen molar-refractivity contribution in [3.05, 3.63) is 91.0 Å². The summed E-state index contributed by atoms with van der Waals surface area (Å²) in [5.41, 5.74) is 0. The fraction of sp³-hybridized carbons (Fsp3) is 0. The summed E-state index contributed by atoms with van der Waals surface area (Å²) in [6.07, 6.45) is 0. The molecule has 0 aromatic heterocycles. The van der Waals surface area contributed by atoms with Crippen LogP contribution in [0.3, 0.4) is 0 Å². The average molecular weight is 392 g/mol. The van der Waals surface area contributed by atoms with Gasteiger partial charge in [0.25, 0.3) is 0 Å². The van der Waals surface area contributed by atoms with Crippen molar-refractivity contribution >= 4 is 42.6 Å². The molecule has 3 aromatic carbocycles. The molecule has 20 heavy (non-hydrogen) atoms. The third kappa shape index (κ3) is 2.55. The van der Waals surface area contributed by atoms with Crippen LogP contribution in [0.15, 0.2) is 91.0 Å². The second-order valence-corrected chi connectivity index (χ2v) is 13.7. The summed E-state index contributed by atoms with van der Waals surface area (Å²) in [5.74, 6) is 0. The first-order valence-corrected chi connectivity index (χ1v) is 12.5. The van der Waals surface area contributed by atoms with Crippen LogP contribution in [0.25, 0.3) is 0 Å². The van der Waals surface area contributed by atoms with Gasteiger partial charge in [-0.25, -0.2) is 0 Å². The fourth-order valence-electron chi connectivity index (χ4n) is 2.54. The molecule has 0 atom stereocenters. The van der Waals surface area contributed by atoms with Gasteiger partial charge in [-0.3, -0.25) is 0 Å². The van der Waals surface area contributed by atoms with Gasteiger partial charge in [0.1, 0.15) is 0 Å². The molecule has 0 aliphatic heterocycles. The van der Waals surface area contributed by atoms with Crippen molar-refractivity contribution in [3.8, 4) is 0 Å². The zero-order chi connectivity index (χ0) is 13.8. The molecule has 0 fully saturated rings. The molecule has 0 bridgehead atoms. The standard InChI is InChI=1S/C18H17PTe/c20-19(16-10-4-1-5-11-16,17-12-6-2-7-13-17)18-14-8-3-9-15-18/h1-15,19-20H. The zero-order valence-electron chi connectivity index (χ0n) is 11.1. The van der Waals surface area contributed by atoms with E-state index < -0.39 is 4.95 Å². The summed E-state index contributed by atoms with van der Waals surface area (Å²) >= 11 is 1.98. The molecule has 0 unspecified atom stereocenters. The quantitative estimate of drug-likeness (QED) is 0.475. The second kappa shape index (κ2) is 6.11. The van der Waals surface area contributed by atoms with Crippen molar-refractivity contribution in [2.24, 2.45) is 0 Å². The van der Waals surface area contributed by atoms with Crippen LogP contribution in [0.4, 0.5) is 0 Å². The van der Waals surface area contributed by atoms with Crippen LogP contribution in [0.5, 0.6) is 0 Å². The summed E-state index contributed by atoms with van der Waals surface area (Å²) in [5, 5.41) is 4.43. The molecule has 0 aliphatic carbocycles. The third-order valence-corrected chi connectivity index (χ3v) is 13.7. The average Bonchev–Trinajstić information content (AvgIpc) is 2.56. The van der Waals surface area contributed by atoms with E-state index in [0.717, 1.165) is 0 Å². The van der Waals surface area contributed by atoms with E-state index in [1.807, 2.05) is 21.7 Å². The summed E-state index contributed by atoms with van der Waals surface area (Å²) in [7, 11) is 0. The van der Waals surface area contributed by atoms with Gasteiger partial charge in [0.2, 0.25) is 0 Å². The van der Waals surface area contributed by atoms with E-state index in [4.69, 9.17) is 0 Å². The molecule has 100 valence electrons. The molecule has 0 saturated carbocycles. The third-order valence-electron chi connectivity index (χ3n) is 3.57. The van der Waals surface area contributed by atoms with E-state index >= 15 is 0 Å². The van der Waals surface area contributed by atoms with Gasteiger partial charge >= 0.3 is 134 Å². The van der Waals surface area contributed by atoms with Crippen molar-refractivity contribution in [3.63, 3.8) is 0 Å². The first-order chi connectivity index (χ1) is 9.82. The molecular weight excluding hydrogens is 375 g/mol. The Morgan fingerprint density at radius 1 is 0.450 bits per heavy atom. The topological polar surface area (TPSA) is 0 Å². The van der Waals surface area contributed by atoms with Gasteiger partial charge in [0.05, 0.1) is 0 Å². The zero-order valence-corrected chi connectivity index (χ0v) is 14.7. The Kier molecular flexibility index (Phi) is 4.23. The van der Waals surface area contributed by atoms with Crippen LogP contribution in [0.2, 0.25) is 0 Å². The SMILES string of the molecule is [TeH][PH](c1ccccc1)(c1ccccc1)c1ccccc1. The first kappa shape index (κ1) is 13.8. The second-order valence-electron chi connectivity index (χ2n) is 4.81. The number of rotatable bonds is 3. The minimum absolute atomic E-state index is 1.48. The Morgan fingerprint density at radius 3 is 0.950 bits per heavy atom. The minimum atomic E-state index is -1.83. The van der Waals surface area contributed by atoms with E-state index in [0.29, 0.717) is 0 Å². The van der Waals surface area contributed by atoms with Crippen LogP contribution >= 0.6 is 4.95 Å². The van der Waals surface area contributed by atoms with Gasteiger partial charge in [-0.05, 0) is 0 Å². The number of hydrogen-bond donors (Lipinski definition) is 0. The van der Waals surface area contributed by atoms with Crippen molar-refractivity contribution in [1.82, 2.24) is 0 Å². The molecule has 0 nitrogen and oxygen atoms in total. The van der Waals surface area contributed by atoms with E-state index in [1.54, 1.807) is 0 Å². The van der Waals surface area contributed by atoms with E-state index in [1.165, 1.54) is 15.9 Å². The molecule has 2 heteroatoms. The summed E-state index contributed by atoms with van der Waals surface area (Å²) in [4.78, 5) is -1.83. The number of benzene rings is 3. The molecule has 0 radical (unpaired) electrons. The Bertz CT molecular complexity index is 569. The van der Waals surface area contributed by atoms with E-state index in [2.05, 4.69) is 91.0 Å². The van der Waals surface area contributed by atoms with E-state index in [-0.39, 0.29) is 0 Å². The Hall–Kier alpha value is -1.12. The van der Waals surface area contributed by atoms with Gasteiger partial charge in [0, 0.05) is 0 Å². The molecule has 0 amide bonds. The fourth-order valence-corrected chi connectivity index (χ4v) is 9.39. The van der Waals surface area contributed by atoms with E-state index in [9.17, 15) is 0 Å². The Morgan fingerprint density at radius 2 is 0.700 bits per heavy atom. The van der Waals surface area contributed by atoms with Crippen LogP contribution in [0, 0.1) is 0 Å². The molecule has 0 saturated heterocycles. The number of hydrogen-bond acceptors (Lipinski definition) is 0. The van der Waals surface area contributed by atoms with Crippen molar-refractivity contribution in [1.29, 1.82) is 0 Å². The van der Waals surface area contributed by atoms with Crippen LogP contribution in [-0.4, -0.2) is 21.7 Å². The molecule has 3 aromatic rings. The van der Waals surface area contributed by atoms with Crippen molar-refractivity contribution < 1.29 is 0 Å². The van der Waals surface area contributed by atoms with Crippen LogP contribution < -0.4 is 15.9 Å². The van der Waals surface area contributed by atoms with Crippen molar-refractivity contribution in [2.75, 3.05) is 0 Å². The van der Waals surface area contributed by atoms with Gasteiger partial charge in [-0.2, -0.15) is 0 Å². The monoisotopic (exact) mass is 394 g/mol. The van der Waals surface area contributed by atoms with Crippen LogP contribution in [-0.2, 0) is 0 Å². The predicted molar refractivity (Wildman–Crippen MR) is 93.7 cm³/mol. The molecule has 0 N–H and O–H groups in total. The molecule has 0 spiro atoms. The Balaban J connectivity index is 2.24. The molecule has 0 heterocycles. The summed E-state index contributed by atoms with van der Waals surface area (Å²) < 4.78 is 0. The normalized spacial score (nSPS) is 12.1. The predicted octanol–water partition coefficient (Wildman–Crippen LogP) is 2.53. The molecule has 0 aliphatic rings. The molecule has 3 rings (SSSR count). The maximum atomic E-state index is 2.28. The van der Waals surface area contributed by atoms with Gasteiger partial charge < -0.3 is 0 Å². The molecular formula is C18H17PTe. The van der Waals surface area contributed by atoms with Gasteiger partial charge in [-0.15, -0.1) is 0 Å². The summed E-state index contributed by atoms with van der Waals surface area (Å²) in [6, 6.07) is 32.9. The summed E-state index contributed by atoms with van der Waals surface area (Å²) in [6.45, 7) is 0. The van der Waals surface area contributed by atoms with Crippen LogP contribution in [0.1, 0.15) is 0 Å². The van der Waals surface area contributed by atoms with Gasteiger partial charge in [-0.1, -0.05) is 0 Å². The van der Waals surface area contributed by atoms with Crippen molar-refractivity contribution in [2.45, 2.75) is 0 Å². The maximum absolute atomic E-state index is 2.28.